The Bertz CT molecular complexity index is 580. The van der Waals surface area contributed by atoms with Crippen LogP contribution in [0, 0.1) is 5.92 Å². The Kier molecular flexibility index (Phi) is 4.59. The molecule has 0 bridgehead atoms. The van der Waals surface area contributed by atoms with E-state index in [0.717, 1.165) is 32.1 Å². The van der Waals surface area contributed by atoms with Crippen molar-refractivity contribution in [1.29, 1.82) is 0 Å². The first kappa shape index (κ1) is 14.8. The second kappa shape index (κ2) is 6.21. The van der Waals surface area contributed by atoms with Gasteiger partial charge in [-0.1, -0.05) is 19.3 Å². The lowest BCUT2D eigenvalue weighted by Gasteiger charge is -2.21. The predicted molar refractivity (Wildman–Crippen MR) is 75.2 cm³/mol. The van der Waals surface area contributed by atoms with Crippen molar-refractivity contribution in [2.24, 2.45) is 5.92 Å². The molecule has 0 aliphatic heterocycles. The Morgan fingerprint density at radius 2 is 2.05 bits per heavy atom. The summed E-state index contributed by atoms with van der Waals surface area (Å²) >= 11 is 0. The summed E-state index contributed by atoms with van der Waals surface area (Å²) in [5.74, 6) is -0.977. The number of hydrogen-bond donors (Lipinski definition) is 2. The molecule has 1 aliphatic carbocycles. The fourth-order valence-corrected chi connectivity index (χ4v) is 4.07. The van der Waals surface area contributed by atoms with Gasteiger partial charge in [-0.15, -0.1) is 0 Å². The van der Waals surface area contributed by atoms with E-state index < -0.39 is 16.0 Å². The Balaban J connectivity index is 2.10. The van der Waals surface area contributed by atoms with Gasteiger partial charge in [0.15, 0.2) is 0 Å². The van der Waals surface area contributed by atoms with Gasteiger partial charge < -0.3 is 5.11 Å². The second-order valence-corrected chi connectivity index (χ2v) is 6.88. The summed E-state index contributed by atoms with van der Waals surface area (Å²) in [6.07, 6.45) is 7.67. The van der Waals surface area contributed by atoms with Crippen LogP contribution in [0.1, 0.15) is 42.5 Å². The Morgan fingerprint density at radius 3 is 2.70 bits per heavy atom. The van der Waals surface area contributed by atoms with Crippen LogP contribution in [0.5, 0.6) is 0 Å². The molecule has 0 atom stereocenters. The number of sulfonamides is 1. The van der Waals surface area contributed by atoms with Crippen molar-refractivity contribution < 1.29 is 18.3 Å². The van der Waals surface area contributed by atoms with Gasteiger partial charge in [-0.3, -0.25) is 9.71 Å². The largest absolute Gasteiger partial charge is 0.478 e. The summed E-state index contributed by atoms with van der Waals surface area (Å²) in [5, 5.41) is 9.02. The van der Waals surface area contributed by atoms with Crippen LogP contribution >= 0.6 is 0 Å². The zero-order chi connectivity index (χ0) is 14.6. The minimum Gasteiger partial charge on any atom is -0.478 e. The standard InChI is InChI=1S/C13H18N2O4S/c16-13(17)11-6-7-14-8-12(11)15-20(18,19)9-10-4-2-1-3-5-10/h6-8,10,15H,1-5,9H2,(H,16,17). The lowest BCUT2D eigenvalue weighted by atomic mass is 9.91. The summed E-state index contributed by atoms with van der Waals surface area (Å²) < 4.78 is 26.6. The molecule has 1 aromatic rings. The van der Waals surface area contributed by atoms with Gasteiger partial charge in [-0.25, -0.2) is 13.2 Å². The molecule has 0 aromatic carbocycles. The number of carboxylic acids is 1. The van der Waals surface area contributed by atoms with E-state index in [2.05, 4.69) is 9.71 Å². The Hall–Kier alpha value is -1.63. The molecule has 0 unspecified atom stereocenters. The zero-order valence-corrected chi connectivity index (χ0v) is 11.9. The number of carboxylic acid groups (broad SMARTS) is 1. The van der Waals surface area contributed by atoms with E-state index in [0.29, 0.717) is 0 Å². The van der Waals surface area contributed by atoms with Gasteiger partial charge in [-0.05, 0) is 24.8 Å². The smallest absolute Gasteiger partial charge is 0.337 e. The summed E-state index contributed by atoms with van der Waals surface area (Å²) in [5.41, 5.74) is -0.0666. The summed E-state index contributed by atoms with van der Waals surface area (Å²) in [6, 6.07) is 1.28. The van der Waals surface area contributed by atoms with E-state index in [4.69, 9.17) is 5.11 Å². The molecule has 1 aromatic heterocycles. The lowest BCUT2D eigenvalue weighted by Crippen LogP contribution is -2.25. The van der Waals surface area contributed by atoms with Crippen LogP contribution in [-0.4, -0.2) is 30.2 Å². The third-order valence-corrected chi connectivity index (χ3v) is 4.94. The highest BCUT2D eigenvalue weighted by molar-refractivity contribution is 7.92. The maximum Gasteiger partial charge on any atom is 0.337 e. The maximum atomic E-state index is 12.1. The average molecular weight is 298 g/mol. The van der Waals surface area contributed by atoms with Crippen LogP contribution in [-0.2, 0) is 10.0 Å². The quantitative estimate of drug-likeness (QED) is 0.867. The number of hydrogen-bond acceptors (Lipinski definition) is 4. The van der Waals surface area contributed by atoms with Gasteiger partial charge >= 0.3 is 5.97 Å². The van der Waals surface area contributed by atoms with E-state index in [1.165, 1.54) is 18.5 Å². The molecule has 1 fully saturated rings. The molecule has 0 saturated heterocycles. The first-order valence-corrected chi connectivity index (χ1v) is 8.31. The molecule has 110 valence electrons. The number of anilines is 1. The Labute approximate surface area is 118 Å². The van der Waals surface area contributed by atoms with Crippen LogP contribution in [0.3, 0.4) is 0 Å². The monoisotopic (exact) mass is 298 g/mol. The maximum absolute atomic E-state index is 12.1. The van der Waals surface area contributed by atoms with Crippen molar-refractivity contribution in [3.05, 3.63) is 24.0 Å². The van der Waals surface area contributed by atoms with Crippen LogP contribution < -0.4 is 4.72 Å². The first-order valence-electron chi connectivity index (χ1n) is 6.66. The van der Waals surface area contributed by atoms with E-state index in [9.17, 15) is 13.2 Å². The minimum atomic E-state index is -3.54. The highest BCUT2D eigenvalue weighted by atomic mass is 32.2. The molecule has 1 saturated carbocycles. The van der Waals surface area contributed by atoms with Gasteiger partial charge in [0.1, 0.15) is 0 Å². The molecule has 1 heterocycles. The number of aromatic nitrogens is 1. The number of carbonyl (C=O) groups is 1. The SMILES string of the molecule is O=C(O)c1ccncc1NS(=O)(=O)CC1CCCCC1. The molecule has 7 heteroatoms. The van der Waals surface area contributed by atoms with Crippen molar-refractivity contribution in [3.63, 3.8) is 0 Å². The normalized spacial score (nSPS) is 16.8. The average Bonchev–Trinajstić information content (AvgIpc) is 2.39. The highest BCUT2D eigenvalue weighted by Gasteiger charge is 2.23. The summed E-state index contributed by atoms with van der Waals surface area (Å²) in [7, 11) is -3.54. The van der Waals surface area contributed by atoms with Crippen molar-refractivity contribution in [2.45, 2.75) is 32.1 Å². The molecule has 6 nitrogen and oxygen atoms in total. The van der Waals surface area contributed by atoms with Crippen molar-refractivity contribution >= 4 is 21.7 Å². The summed E-state index contributed by atoms with van der Waals surface area (Å²) in [6.45, 7) is 0. The molecule has 2 N–H and O–H groups in total. The van der Waals surface area contributed by atoms with Crippen molar-refractivity contribution in [1.82, 2.24) is 4.98 Å². The van der Waals surface area contributed by atoms with E-state index >= 15 is 0 Å². The number of pyridine rings is 1. The van der Waals surface area contributed by atoms with Crippen LogP contribution in [0.2, 0.25) is 0 Å². The lowest BCUT2D eigenvalue weighted by molar-refractivity contribution is 0.0698. The molecular weight excluding hydrogens is 280 g/mol. The van der Waals surface area contributed by atoms with Crippen LogP contribution in [0.15, 0.2) is 18.5 Å². The number of nitrogens with zero attached hydrogens (tertiary/aromatic N) is 1. The van der Waals surface area contributed by atoms with Gasteiger partial charge in [0.2, 0.25) is 10.0 Å². The van der Waals surface area contributed by atoms with Gasteiger partial charge in [0.05, 0.1) is 23.2 Å². The molecule has 0 amide bonds. The van der Waals surface area contributed by atoms with Crippen molar-refractivity contribution in [3.8, 4) is 0 Å². The minimum absolute atomic E-state index is 0.0239. The third-order valence-electron chi connectivity index (χ3n) is 3.50. The fourth-order valence-electron chi connectivity index (χ4n) is 2.54. The van der Waals surface area contributed by atoms with Gasteiger partial charge in [0.25, 0.3) is 0 Å². The first-order chi connectivity index (χ1) is 9.48. The molecule has 20 heavy (non-hydrogen) atoms. The zero-order valence-electron chi connectivity index (χ0n) is 11.1. The van der Waals surface area contributed by atoms with Crippen molar-refractivity contribution in [2.75, 3.05) is 10.5 Å². The molecule has 1 aliphatic rings. The molecule has 2 rings (SSSR count). The highest BCUT2D eigenvalue weighted by Crippen LogP contribution is 2.25. The second-order valence-electron chi connectivity index (χ2n) is 5.11. The molecular formula is C13H18N2O4S. The number of rotatable bonds is 5. The summed E-state index contributed by atoms with van der Waals surface area (Å²) in [4.78, 5) is 14.8. The van der Waals surface area contributed by atoms with Gasteiger partial charge in [-0.2, -0.15) is 0 Å². The number of aromatic carboxylic acids is 1. The Morgan fingerprint density at radius 1 is 1.35 bits per heavy atom. The van der Waals surface area contributed by atoms with E-state index in [1.807, 2.05) is 0 Å². The number of nitrogens with one attached hydrogen (secondary N) is 1. The van der Waals surface area contributed by atoms with Crippen LogP contribution in [0.25, 0.3) is 0 Å². The topological polar surface area (TPSA) is 96.4 Å². The predicted octanol–water partition coefficient (Wildman–Crippen LogP) is 2.10. The fraction of sp³-hybridized carbons (Fsp3) is 0.538. The van der Waals surface area contributed by atoms with E-state index in [1.54, 1.807) is 0 Å². The van der Waals surface area contributed by atoms with Gasteiger partial charge in [0, 0.05) is 6.20 Å². The van der Waals surface area contributed by atoms with E-state index in [-0.39, 0.29) is 22.9 Å². The molecule has 0 spiro atoms. The third kappa shape index (κ3) is 3.93. The van der Waals surface area contributed by atoms with Crippen LogP contribution in [0.4, 0.5) is 5.69 Å². The molecule has 0 radical (unpaired) electrons.